The van der Waals surface area contributed by atoms with Crippen molar-refractivity contribution in [3.05, 3.63) is 0 Å². The quantitative estimate of drug-likeness (QED) is 0.612. The first-order valence-electron chi connectivity index (χ1n) is 3.02. The van der Waals surface area contributed by atoms with Gasteiger partial charge in [0.25, 0.3) is 0 Å². The average Bonchev–Trinajstić information content (AvgIpc) is 1.88. The third-order valence-electron chi connectivity index (χ3n) is 1.00. The number of ether oxygens (including phenoxy) is 1. The molecule has 0 bridgehead atoms. The molecule has 0 amide bonds. The molecule has 0 spiro atoms. The maximum absolute atomic E-state index is 10.2. The van der Waals surface area contributed by atoms with E-state index in [2.05, 4.69) is 0 Å². The number of carboxylic acid groups (broad SMARTS) is 1. The first-order chi connectivity index (χ1) is 4.68. The van der Waals surface area contributed by atoms with Crippen molar-refractivity contribution < 1.29 is 14.6 Å². The van der Waals surface area contributed by atoms with Gasteiger partial charge in [0.15, 0.2) is 6.10 Å². The Balaban J connectivity index is 3.21. The Labute approximate surface area is 64.8 Å². The van der Waals surface area contributed by atoms with Crippen molar-refractivity contribution in [2.24, 2.45) is 0 Å². The van der Waals surface area contributed by atoms with Gasteiger partial charge in [0.2, 0.25) is 0 Å². The fraction of sp³-hybridized carbons (Fsp3) is 0.833. The van der Waals surface area contributed by atoms with Gasteiger partial charge in [0.05, 0.1) is 6.61 Å². The monoisotopic (exact) mass is 164 g/mol. The summed E-state index contributed by atoms with van der Waals surface area (Å²) in [6.07, 6.45) is 1.28. The van der Waals surface area contributed by atoms with Gasteiger partial charge >= 0.3 is 5.97 Å². The SMILES string of the molecule is CSCCO[C@@H](C)C(=O)O. The van der Waals surface area contributed by atoms with Crippen LogP contribution in [0.2, 0.25) is 0 Å². The predicted molar refractivity (Wildman–Crippen MR) is 41.4 cm³/mol. The summed E-state index contributed by atoms with van der Waals surface area (Å²) in [7, 11) is 0. The lowest BCUT2D eigenvalue weighted by atomic mass is 10.4. The van der Waals surface area contributed by atoms with E-state index in [1.54, 1.807) is 11.8 Å². The second-order valence-electron chi connectivity index (χ2n) is 1.84. The van der Waals surface area contributed by atoms with Crippen LogP contribution in [0.3, 0.4) is 0 Å². The second-order valence-corrected chi connectivity index (χ2v) is 2.83. The summed E-state index contributed by atoms with van der Waals surface area (Å²) < 4.78 is 4.92. The maximum Gasteiger partial charge on any atom is 0.332 e. The lowest BCUT2D eigenvalue weighted by Gasteiger charge is -2.05. The number of carboxylic acids is 1. The maximum atomic E-state index is 10.2. The Kier molecular flexibility index (Phi) is 5.43. The average molecular weight is 164 g/mol. The molecule has 0 fully saturated rings. The van der Waals surface area contributed by atoms with Crippen molar-refractivity contribution >= 4 is 17.7 Å². The molecule has 0 heterocycles. The van der Waals surface area contributed by atoms with Crippen LogP contribution >= 0.6 is 11.8 Å². The van der Waals surface area contributed by atoms with Crippen molar-refractivity contribution in [3.63, 3.8) is 0 Å². The van der Waals surface area contributed by atoms with Crippen molar-refractivity contribution in [2.75, 3.05) is 18.6 Å². The minimum atomic E-state index is -0.902. The summed E-state index contributed by atoms with van der Waals surface area (Å²) in [6.45, 7) is 2.04. The summed E-state index contributed by atoms with van der Waals surface area (Å²) in [5.41, 5.74) is 0. The minimum Gasteiger partial charge on any atom is -0.479 e. The Morgan fingerprint density at radius 2 is 2.40 bits per heavy atom. The van der Waals surface area contributed by atoms with Crippen LogP contribution in [0.15, 0.2) is 0 Å². The van der Waals surface area contributed by atoms with Gasteiger partial charge in [0, 0.05) is 5.75 Å². The zero-order valence-electron chi connectivity index (χ0n) is 6.16. The van der Waals surface area contributed by atoms with Crippen LogP contribution in [0, 0.1) is 0 Å². The molecule has 0 aliphatic rings. The molecule has 0 aliphatic carbocycles. The molecule has 1 atom stereocenters. The Morgan fingerprint density at radius 3 is 2.80 bits per heavy atom. The first-order valence-corrected chi connectivity index (χ1v) is 4.41. The standard InChI is InChI=1S/C6H12O3S/c1-5(6(7)8)9-3-4-10-2/h5H,3-4H2,1-2H3,(H,7,8)/t5-/m0/s1. The summed E-state index contributed by atoms with van der Waals surface area (Å²) in [4.78, 5) is 10.2. The number of aliphatic carboxylic acids is 1. The van der Waals surface area contributed by atoms with E-state index in [0.29, 0.717) is 6.61 Å². The third kappa shape index (κ3) is 4.64. The lowest BCUT2D eigenvalue weighted by molar-refractivity contribution is -0.148. The summed E-state index contributed by atoms with van der Waals surface area (Å²) in [5, 5.41) is 8.35. The zero-order chi connectivity index (χ0) is 7.98. The predicted octanol–water partition coefficient (Wildman–Crippen LogP) is 0.839. The molecule has 10 heavy (non-hydrogen) atoms. The van der Waals surface area contributed by atoms with Crippen LogP contribution in [0.5, 0.6) is 0 Å². The van der Waals surface area contributed by atoms with E-state index in [9.17, 15) is 4.79 Å². The van der Waals surface area contributed by atoms with Crippen LogP contribution in [0.4, 0.5) is 0 Å². The highest BCUT2D eigenvalue weighted by Crippen LogP contribution is 1.94. The van der Waals surface area contributed by atoms with Gasteiger partial charge in [0.1, 0.15) is 0 Å². The van der Waals surface area contributed by atoms with Gasteiger partial charge in [-0.2, -0.15) is 11.8 Å². The van der Waals surface area contributed by atoms with E-state index < -0.39 is 12.1 Å². The highest BCUT2D eigenvalue weighted by Gasteiger charge is 2.09. The number of thioether (sulfide) groups is 1. The molecular formula is C6H12O3S. The highest BCUT2D eigenvalue weighted by molar-refractivity contribution is 7.98. The van der Waals surface area contributed by atoms with E-state index >= 15 is 0 Å². The van der Waals surface area contributed by atoms with E-state index in [4.69, 9.17) is 9.84 Å². The van der Waals surface area contributed by atoms with Crippen LogP contribution in [0.25, 0.3) is 0 Å². The van der Waals surface area contributed by atoms with Gasteiger partial charge in [-0.05, 0) is 13.2 Å². The number of carbonyl (C=O) groups is 1. The molecule has 0 saturated heterocycles. The van der Waals surface area contributed by atoms with Crippen LogP contribution in [0.1, 0.15) is 6.92 Å². The number of hydrogen-bond acceptors (Lipinski definition) is 3. The topological polar surface area (TPSA) is 46.5 Å². The largest absolute Gasteiger partial charge is 0.479 e. The second kappa shape index (κ2) is 5.56. The van der Waals surface area contributed by atoms with Gasteiger partial charge in [-0.3, -0.25) is 0 Å². The highest BCUT2D eigenvalue weighted by atomic mass is 32.2. The van der Waals surface area contributed by atoms with Crippen molar-refractivity contribution in [2.45, 2.75) is 13.0 Å². The van der Waals surface area contributed by atoms with Crippen molar-refractivity contribution in [1.29, 1.82) is 0 Å². The van der Waals surface area contributed by atoms with Gasteiger partial charge < -0.3 is 9.84 Å². The normalized spacial score (nSPS) is 13.0. The molecule has 0 aromatic heterocycles. The van der Waals surface area contributed by atoms with E-state index in [1.807, 2.05) is 6.26 Å². The van der Waals surface area contributed by atoms with Crippen molar-refractivity contribution in [3.8, 4) is 0 Å². The molecule has 1 N–H and O–H groups in total. The molecule has 0 aromatic carbocycles. The van der Waals surface area contributed by atoms with Crippen molar-refractivity contribution in [1.82, 2.24) is 0 Å². The van der Waals surface area contributed by atoms with Gasteiger partial charge in [-0.1, -0.05) is 0 Å². The zero-order valence-corrected chi connectivity index (χ0v) is 6.98. The molecule has 0 aromatic rings. The molecule has 0 rings (SSSR count). The van der Waals surface area contributed by atoms with Crippen LogP contribution in [-0.4, -0.2) is 35.8 Å². The third-order valence-corrected chi connectivity index (χ3v) is 1.58. The van der Waals surface area contributed by atoms with Crippen LogP contribution < -0.4 is 0 Å². The molecule has 0 unspecified atom stereocenters. The summed E-state index contributed by atoms with van der Waals surface area (Å²) >= 11 is 1.64. The Hall–Kier alpha value is -0.220. The molecule has 0 aliphatic heterocycles. The lowest BCUT2D eigenvalue weighted by Crippen LogP contribution is -2.20. The van der Waals surface area contributed by atoms with E-state index in [1.165, 1.54) is 6.92 Å². The fourth-order valence-corrected chi connectivity index (χ4v) is 0.642. The van der Waals surface area contributed by atoms with Gasteiger partial charge in [-0.25, -0.2) is 4.79 Å². The number of hydrogen-bond donors (Lipinski definition) is 1. The molecular weight excluding hydrogens is 152 g/mol. The minimum absolute atomic E-state index is 0.509. The molecule has 60 valence electrons. The smallest absolute Gasteiger partial charge is 0.332 e. The molecule has 4 heteroatoms. The Bertz CT molecular complexity index is 105. The molecule has 0 radical (unpaired) electrons. The first kappa shape index (κ1) is 9.78. The molecule has 3 nitrogen and oxygen atoms in total. The Morgan fingerprint density at radius 1 is 1.80 bits per heavy atom. The van der Waals surface area contributed by atoms with Gasteiger partial charge in [-0.15, -0.1) is 0 Å². The van der Waals surface area contributed by atoms with E-state index in [0.717, 1.165) is 5.75 Å². The number of rotatable bonds is 5. The fourth-order valence-electron chi connectivity index (χ4n) is 0.380. The van der Waals surface area contributed by atoms with Crippen LogP contribution in [-0.2, 0) is 9.53 Å². The summed E-state index contributed by atoms with van der Waals surface area (Å²) in [5.74, 6) is -0.0569. The van der Waals surface area contributed by atoms with E-state index in [-0.39, 0.29) is 0 Å². The molecule has 0 saturated carbocycles. The summed E-state index contributed by atoms with van der Waals surface area (Å²) in [6, 6.07) is 0.